The molecule has 52 heavy (non-hydrogen) atoms. The molecule has 0 bridgehead atoms. The summed E-state index contributed by atoms with van der Waals surface area (Å²) < 4.78 is 6.39. The van der Waals surface area contributed by atoms with Crippen LogP contribution in [0.2, 0.25) is 0 Å². The zero-order valence-corrected chi connectivity index (χ0v) is 35.8. The van der Waals surface area contributed by atoms with Gasteiger partial charge in [0.05, 0.1) is 11.7 Å². The summed E-state index contributed by atoms with van der Waals surface area (Å²) in [6.07, 6.45) is 30.6. The van der Waals surface area contributed by atoms with Crippen LogP contribution in [0.25, 0.3) is 0 Å². The molecule has 0 aromatic heterocycles. The number of carbonyl (C=O) groups is 1. The van der Waals surface area contributed by atoms with Gasteiger partial charge in [0.2, 0.25) is 0 Å². The number of ether oxygens (including phenoxy) is 1. The van der Waals surface area contributed by atoms with Gasteiger partial charge in [-0.3, -0.25) is 4.79 Å². The topological polar surface area (TPSA) is 66.8 Å². The molecule has 10 unspecified atom stereocenters. The van der Waals surface area contributed by atoms with Crippen LogP contribution in [0.3, 0.4) is 0 Å². The highest BCUT2D eigenvalue weighted by molar-refractivity contribution is 5.69. The summed E-state index contributed by atoms with van der Waals surface area (Å²) in [5.74, 6) is 2.06. The van der Waals surface area contributed by atoms with Gasteiger partial charge in [-0.25, -0.2) is 0 Å². The maximum Gasteiger partial charge on any atom is 0.306 e. The van der Waals surface area contributed by atoms with Gasteiger partial charge in [0.15, 0.2) is 0 Å². The summed E-state index contributed by atoms with van der Waals surface area (Å²) in [6.45, 7) is 22.8. The second-order valence-corrected chi connectivity index (χ2v) is 20.6. The third-order valence-corrected chi connectivity index (χ3v) is 16.9. The smallest absolute Gasteiger partial charge is 0.306 e. The first-order chi connectivity index (χ1) is 24.5. The van der Waals surface area contributed by atoms with Crippen LogP contribution in [0.15, 0.2) is 12.2 Å². The van der Waals surface area contributed by atoms with Crippen molar-refractivity contribution in [2.45, 2.75) is 240 Å². The first-order valence-electron chi connectivity index (χ1n) is 22.8. The van der Waals surface area contributed by atoms with E-state index in [-0.39, 0.29) is 39.7 Å². The van der Waals surface area contributed by atoms with Gasteiger partial charge in [0.25, 0.3) is 0 Å². The van der Waals surface area contributed by atoms with E-state index < -0.39 is 11.7 Å². The van der Waals surface area contributed by atoms with Gasteiger partial charge >= 0.3 is 5.97 Å². The first-order valence-corrected chi connectivity index (χ1v) is 22.8. The van der Waals surface area contributed by atoms with Crippen molar-refractivity contribution in [1.82, 2.24) is 0 Å². The number of esters is 1. The lowest BCUT2D eigenvalue weighted by Crippen LogP contribution is -2.64. The minimum Gasteiger partial charge on any atom is -0.462 e. The van der Waals surface area contributed by atoms with Gasteiger partial charge in [-0.05, 0) is 124 Å². The third kappa shape index (κ3) is 9.73. The van der Waals surface area contributed by atoms with Crippen molar-refractivity contribution < 1.29 is 19.7 Å². The summed E-state index contributed by atoms with van der Waals surface area (Å²) in [5, 5.41) is 22.3. The van der Waals surface area contributed by atoms with E-state index in [4.69, 9.17) is 4.74 Å². The van der Waals surface area contributed by atoms with Crippen LogP contribution in [0, 0.1) is 45.3 Å². The van der Waals surface area contributed by atoms with E-state index in [1.165, 1.54) is 116 Å². The number of unbranched alkanes of at least 4 members (excludes halogenated alkanes) is 14. The Morgan fingerprint density at radius 1 is 0.750 bits per heavy atom. The standard InChI is InChI=1S/C48H86O4/c1-10-11-12-13-14-15-16-17-18-19-20-21-22-23-24-25-43(50)52-42-31-32-45(6)40(44(42,4)5)30-34-47(8)41(45)27-26-37-38(28-33-46(37,47)7)48(9,51)35-29-39(49)36(2)3/h37-42,49,51H,2,10-35H2,1,3-9H3. The van der Waals surface area contributed by atoms with Gasteiger partial charge in [0.1, 0.15) is 6.10 Å². The molecule has 10 atom stereocenters. The van der Waals surface area contributed by atoms with Crippen LogP contribution >= 0.6 is 0 Å². The number of hydrogen-bond acceptors (Lipinski definition) is 4. The molecular formula is C48H86O4. The maximum absolute atomic E-state index is 13.2. The Hall–Kier alpha value is -0.870. The predicted octanol–water partition coefficient (Wildman–Crippen LogP) is 13.3. The molecule has 0 aliphatic heterocycles. The predicted molar refractivity (Wildman–Crippen MR) is 219 cm³/mol. The highest BCUT2D eigenvalue weighted by Crippen LogP contribution is 2.76. The molecule has 4 fully saturated rings. The zero-order chi connectivity index (χ0) is 38.2. The molecule has 2 N–H and O–H groups in total. The molecule has 0 heterocycles. The van der Waals surface area contributed by atoms with Crippen LogP contribution in [0.4, 0.5) is 0 Å². The molecule has 0 saturated heterocycles. The average molecular weight is 727 g/mol. The molecule has 0 amide bonds. The summed E-state index contributed by atoms with van der Waals surface area (Å²) in [6, 6.07) is 0. The maximum atomic E-state index is 13.2. The molecule has 4 aliphatic carbocycles. The second kappa shape index (κ2) is 18.8. The Bertz CT molecular complexity index is 1130. The second-order valence-electron chi connectivity index (χ2n) is 20.6. The lowest BCUT2D eigenvalue weighted by molar-refractivity contribution is -0.230. The lowest BCUT2D eigenvalue weighted by atomic mass is 9.35. The third-order valence-electron chi connectivity index (χ3n) is 16.9. The van der Waals surface area contributed by atoms with Crippen LogP contribution in [0.1, 0.15) is 222 Å². The van der Waals surface area contributed by atoms with E-state index in [9.17, 15) is 15.0 Å². The number of fused-ring (bicyclic) bond motifs is 5. The Morgan fingerprint density at radius 3 is 1.85 bits per heavy atom. The van der Waals surface area contributed by atoms with Crippen molar-refractivity contribution in [3.63, 3.8) is 0 Å². The van der Waals surface area contributed by atoms with Crippen molar-refractivity contribution >= 4 is 5.97 Å². The number of hydrogen-bond donors (Lipinski definition) is 2. The van der Waals surface area contributed by atoms with Gasteiger partial charge in [-0.15, -0.1) is 0 Å². The summed E-state index contributed by atoms with van der Waals surface area (Å²) in [5.41, 5.74) is 0.705. The fourth-order valence-corrected chi connectivity index (χ4v) is 13.4. The van der Waals surface area contributed by atoms with Gasteiger partial charge in [-0.2, -0.15) is 0 Å². The minimum absolute atomic E-state index is 0.0196. The normalized spacial score (nSPS) is 35.5. The number of aliphatic hydroxyl groups excluding tert-OH is 1. The van der Waals surface area contributed by atoms with Crippen molar-refractivity contribution in [2.75, 3.05) is 0 Å². The molecule has 302 valence electrons. The molecule has 0 radical (unpaired) electrons. The van der Waals surface area contributed by atoms with Crippen molar-refractivity contribution in [3.05, 3.63) is 12.2 Å². The van der Waals surface area contributed by atoms with E-state index in [1.807, 2.05) is 13.8 Å². The van der Waals surface area contributed by atoms with E-state index in [2.05, 4.69) is 48.1 Å². The van der Waals surface area contributed by atoms with E-state index in [0.29, 0.717) is 37.0 Å². The first kappa shape index (κ1) is 43.9. The average Bonchev–Trinajstić information content (AvgIpc) is 3.45. The van der Waals surface area contributed by atoms with Crippen molar-refractivity contribution in [1.29, 1.82) is 0 Å². The largest absolute Gasteiger partial charge is 0.462 e. The van der Waals surface area contributed by atoms with Gasteiger partial charge in [-0.1, -0.05) is 144 Å². The summed E-state index contributed by atoms with van der Waals surface area (Å²) in [7, 11) is 0. The summed E-state index contributed by atoms with van der Waals surface area (Å²) >= 11 is 0. The molecule has 0 aromatic carbocycles. The number of rotatable bonds is 22. The zero-order valence-electron chi connectivity index (χ0n) is 35.8. The van der Waals surface area contributed by atoms with Crippen LogP contribution in [-0.2, 0) is 9.53 Å². The summed E-state index contributed by atoms with van der Waals surface area (Å²) in [4.78, 5) is 13.2. The Balaban J connectivity index is 1.21. The number of aliphatic hydroxyl groups is 2. The SMILES string of the molecule is C=C(C)C(O)CCC(C)(O)C1CCC2(C)C1CCC1C3(C)CCC(OC(=O)CCCCCCCCCCCCCCCCC)C(C)(C)C3CCC12C. The number of carbonyl (C=O) groups excluding carboxylic acids is 1. The Kier molecular flexibility index (Phi) is 15.9. The Morgan fingerprint density at radius 2 is 1.29 bits per heavy atom. The van der Waals surface area contributed by atoms with Crippen LogP contribution < -0.4 is 0 Å². The van der Waals surface area contributed by atoms with Crippen molar-refractivity contribution in [2.24, 2.45) is 45.3 Å². The highest BCUT2D eigenvalue weighted by atomic mass is 16.5. The van der Waals surface area contributed by atoms with Crippen LogP contribution in [-0.4, -0.2) is 34.0 Å². The highest BCUT2D eigenvalue weighted by Gasteiger charge is 2.69. The molecule has 4 rings (SSSR count). The lowest BCUT2D eigenvalue weighted by Gasteiger charge is -2.70. The fraction of sp³-hybridized carbons (Fsp3) is 0.938. The van der Waals surface area contributed by atoms with Crippen LogP contribution in [0.5, 0.6) is 0 Å². The van der Waals surface area contributed by atoms with E-state index >= 15 is 0 Å². The monoisotopic (exact) mass is 727 g/mol. The molecule has 4 nitrogen and oxygen atoms in total. The molecule has 4 saturated carbocycles. The van der Waals surface area contributed by atoms with E-state index in [1.54, 1.807) is 0 Å². The molecular weight excluding hydrogens is 641 g/mol. The van der Waals surface area contributed by atoms with Gasteiger partial charge in [0, 0.05) is 11.8 Å². The molecule has 4 aliphatic rings. The minimum atomic E-state index is -0.764. The van der Waals surface area contributed by atoms with Gasteiger partial charge < -0.3 is 14.9 Å². The van der Waals surface area contributed by atoms with E-state index in [0.717, 1.165) is 37.7 Å². The molecule has 0 aromatic rings. The Labute approximate surface area is 322 Å². The fourth-order valence-electron chi connectivity index (χ4n) is 13.4. The molecule has 0 spiro atoms. The molecule has 4 heteroatoms. The van der Waals surface area contributed by atoms with Crippen molar-refractivity contribution in [3.8, 4) is 0 Å². The quantitative estimate of drug-likeness (QED) is 0.0662.